The molecule has 6 nitrogen and oxygen atoms in total. The molecule has 2 amide bonds. The number of hydrogen-bond acceptors (Lipinski definition) is 4. The fourth-order valence-electron chi connectivity index (χ4n) is 3.48. The summed E-state index contributed by atoms with van der Waals surface area (Å²) in [6.45, 7) is 3.30. The van der Waals surface area contributed by atoms with Crippen molar-refractivity contribution in [1.82, 2.24) is 9.80 Å². The first-order valence-electron chi connectivity index (χ1n) is 10.2. The first-order valence-corrected chi connectivity index (χ1v) is 10.2. The van der Waals surface area contributed by atoms with Crippen LogP contribution in [0, 0.1) is 6.92 Å². The van der Waals surface area contributed by atoms with Gasteiger partial charge in [-0.05, 0) is 43.7 Å². The number of carbonyl (C=O) groups is 2. The zero-order valence-electron chi connectivity index (χ0n) is 17.7. The Morgan fingerprint density at radius 2 is 1.61 bits per heavy atom. The molecule has 3 rings (SSSR count). The molecular weight excluding hydrogens is 404 g/mol. The number of alkyl halides is 2. The second-order valence-corrected chi connectivity index (χ2v) is 7.65. The third kappa shape index (κ3) is 6.49. The Hall–Kier alpha value is -3.00. The van der Waals surface area contributed by atoms with E-state index in [0.29, 0.717) is 38.3 Å². The molecule has 1 aliphatic heterocycles. The van der Waals surface area contributed by atoms with E-state index in [4.69, 9.17) is 0 Å². The minimum absolute atomic E-state index is 0.0347. The van der Waals surface area contributed by atoms with Gasteiger partial charge in [0.15, 0.2) is 0 Å². The van der Waals surface area contributed by atoms with Crippen molar-refractivity contribution >= 4 is 17.5 Å². The molecule has 1 saturated heterocycles. The standard InChI is InChI=1S/C23H27F2N3O3/c1-16-3-5-18(6-4-16)15-21(29)28-13-11-27(12-14-28)17(2)22(30)26-19-7-9-20(10-8-19)31-23(24)25/h3-10,17,23H,11-15H2,1-2H3,(H,26,30). The molecule has 8 heteroatoms. The van der Waals surface area contributed by atoms with Crippen LogP contribution in [0.1, 0.15) is 18.1 Å². The van der Waals surface area contributed by atoms with E-state index in [9.17, 15) is 18.4 Å². The van der Waals surface area contributed by atoms with E-state index < -0.39 is 6.61 Å². The van der Waals surface area contributed by atoms with Crippen LogP contribution in [0.5, 0.6) is 5.75 Å². The summed E-state index contributed by atoms with van der Waals surface area (Å²) in [5.41, 5.74) is 2.66. The summed E-state index contributed by atoms with van der Waals surface area (Å²) in [6.07, 6.45) is 0.377. The van der Waals surface area contributed by atoms with E-state index in [0.717, 1.165) is 11.1 Å². The lowest BCUT2D eigenvalue weighted by Crippen LogP contribution is -2.54. The second kappa shape index (κ2) is 10.3. The summed E-state index contributed by atoms with van der Waals surface area (Å²) in [4.78, 5) is 29.0. The molecule has 1 fully saturated rings. The number of amides is 2. The van der Waals surface area contributed by atoms with Gasteiger partial charge in [-0.25, -0.2) is 0 Å². The van der Waals surface area contributed by atoms with Gasteiger partial charge in [0.25, 0.3) is 0 Å². The summed E-state index contributed by atoms with van der Waals surface area (Å²) in [5.74, 6) is -0.0684. The number of benzene rings is 2. The molecule has 1 N–H and O–H groups in total. The monoisotopic (exact) mass is 431 g/mol. The molecule has 1 atom stereocenters. The first-order chi connectivity index (χ1) is 14.8. The van der Waals surface area contributed by atoms with E-state index in [1.807, 2.05) is 47.9 Å². The Bertz CT molecular complexity index is 880. The summed E-state index contributed by atoms with van der Waals surface area (Å²) < 4.78 is 28.7. The molecule has 0 radical (unpaired) electrons. The van der Waals surface area contributed by atoms with Crippen molar-refractivity contribution in [2.75, 3.05) is 31.5 Å². The minimum Gasteiger partial charge on any atom is -0.435 e. The Balaban J connectivity index is 1.46. The quantitative estimate of drug-likeness (QED) is 0.731. The van der Waals surface area contributed by atoms with Gasteiger partial charge >= 0.3 is 6.61 Å². The second-order valence-electron chi connectivity index (χ2n) is 7.65. The van der Waals surface area contributed by atoms with Crippen LogP contribution in [0.25, 0.3) is 0 Å². The van der Waals surface area contributed by atoms with Gasteiger partial charge < -0.3 is 15.0 Å². The Labute approximate surface area is 180 Å². The molecular formula is C23H27F2N3O3. The zero-order chi connectivity index (χ0) is 22.4. The van der Waals surface area contributed by atoms with Gasteiger partial charge in [-0.1, -0.05) is 29.8 Å². The van der Waals surface area contributed by atoms with Crippen molar-refractivity contribution < 1.29 is 23.1 Å². The number of halogens is 2. The van der Waals surface area contributed by atoms with Gasteiger partial charge in [-0.15, -0.1) is 0 Å². The number of hydrogen-bond donors (Lipinski definition) is 1. The fraction of sp³-hybridized carbons (Fsp3) is 0.391. The SMILES string of the molecule is Cc1ccc(CC(=O)N2CCN(C(C)C(=O)Nc3ccc(OC(F)F)cc3)CC2)cc1. The third-order valence-electron chi connectivity index (χ3n) is 5.42. The summed E-state index contributed by atoms with van der Waals surface area (Å²) >= 11 is 0. The van der Waals surface area contributed by atoms with Crippen LogP contribution in [0.4, 0.5) is 14.5 Å². The highest BCUT2D eigenvalue weighted by atomic mass is 19.3. The lowest BCUT2D eigenvalue weighted by Gasteiger charge is -2.37. The van der Waals surface area contributed by atoms with Crippen molar-refractivity contribution in [3.63, 3.8) is 0 Å². The maximum atomic E-state index is 12.6. The van der Waals surface area contributed by atoms with Crippen LogP contribution in [-0.4, -0.2) is 60.4 Å². The molecule has 0 aliphatic carbocycles. The molecule has 1 aliphatic rings. The van der Waals surface area contributed by atoms with Crippen molar-refractivity contribution in [3.05, 3.63) is 59.7 Å². The van der Waals surface area contributed by atoms with Crippen LogP contribution in [0.15, 0.2) is 48.5 Å². The Kier molecular flexibility index (Phi) is 7.57. The topological polar surface area (TPSA) is 61.9 Å². The minimum atomic E-state index is -2.89. The van der Waals surface area contributed by atoms with Crippen LogP contribution >= 0.6 is 0 Å². The van der Waals surface area contributed by atoms with E-state index >= 15 is 0 Å². The average Bonchev–Trinajstić information content (AvgIpc) is 2.76. The summed E-state index contributed by atoms with van der Waals surface area (Å²) in [6, 6.07) is 13.4. The van der Waals surface area contributed by atoms with Gasteiger partial charge in [0, 0.05) is 31.9 Å². The van der Waals surface area contributed by atoms with Crippen molar-refractivity contribution in [1.29, 1.82) is 0 Å². The molecule has 2 aromatic rings. The Morgan fingerprint density at radius 3 is 2.19 bits per heavy atom. The first kappa shape index (κ1) is 22.7. The van der Waals surface area contributed by atoms with Crippen LogP contribution < -0.4 is 10.1 Å². The van der Waals surface area contributed by atoms with Crippen molar-refractivity contribution in [2.24, 2.45) is 0 Å². The number of carbonyl (C=O) groups excluding carboxylic acids is 2. The molecule has 0 saturated carbocycles. The number of anilines is 1. The molecule has 0 bridgehead atoms. The summed E-state index contributed by atoms with van der Waals surface area (Å²) in [7, 11) is 0. The van der Waals surface area contributed by atoms with E-state index in [-0.39, 0.29) is 23.6 Å². The highest BCUT2D eigenvalue weighted by Gasteiger charge is 2.27. The largest absolute Gasteiger partial charge is 0.435 e. The molecule has 166 valence electrons. The molecule has 1 heterocycles. The fourth-order valence-corrected chi connectivity index (χ4v) is 3.48. The highest BCUT2D eigenvalue weighted by molar-refractivity contribution is 5.94. The smallest absolute Gasteiger partial charge is 0.387 e. The van der Waals surface area contributed by atoms with E-state index in [1.54, 1.807) is 0 Å². The number of ether oxygens (including phenoxy) is 1. The number of piperazine rings is 1. The molecule has 1 unspecified atom stereocenters. The average molecular weight is 431 g/mol. The third-order valence-corrected chi connectivity index (χ3v) is 5.42. The van der Waals surface area contributed by atoms with Gasteiger partial charge in [0.05, 0.1) is 12.5 Å². The molecule has 0 spiro atoms. The number of nitrogens with one attached hydrogen (secondary N) is 1. The number of nitrogens with zero attached hydrogens (tertiary/aromatic N) is 2. The number of aryl methyl sites for hydroxylation is 1. The summed E-state index contributed by atoms with van der Waals surface area (Å²) in [5, 5.41) is 2.79. The van der Waals surface area contributed by atoms with Crippen LogP contribution in [0.2, 0.25) is 0 Å². The van der Waals surface area contributed by atoms with Gasteiger partial charge in [-0.2, -0.15) is 8.78 Å². The Morgan fingerprint density at radius 1 is 1.00 bits per heavy atom. The normalized spacial score (nSPS) is 15.6. The lowest BCUT2D eigenvalue weighted by molar-refractivity contribution is -0.133. The predicted molar refractivity (Wildman–Crippen MR) is 114 cm³/mol. The van der Waals surface area contributed by atoms with Gasteiger partial charge in [0.2, 0.25) is 11.8 Å². The van der Waals surface area contributed by atoms with Gasteiger partial charge in [0.1, 0.15) is 5.75 Å². The maximum absolute atomic E-state index is 12.6. The van der Waals surface area contributed by atoms with Crippen LogP contribution in [0.3, 0.4) is 0 Å². The molecule has 0 aromatic heterocycles. The van der Waals surface area contributed by atoms with E-state index in [2.05, 4.69) is 10.1 Å². The van der Waals surface area contributed by atoms with E-state index in [1.165, 1.54) is 24.3 Å². The molecule has 2 aromatic carbocycles. The maximum Gasteiger partial charge on any atom is 0.387 e. The predicted octanol–water partition coefficient (Wildman–Crippen LogP) is 3.31. The van der Waals surface area contributed by atoms with Crippen molar-refractivity contribution in [2.45, 2.75) is 32.9 Å². The zero-order valence-corrected chi connectivity index (χ0v) is 17.7. The van der Waals surface area contributed by atoms with Gasteiger partial charge in [-0.3, -0.25) is 14.5 Å². The van der Waals surface area contributed by atoms with Crippen molar-refractivity contribution in [3.8, 4) is 5.75 Å². The highest BCUT2D eigenvalue weighted by Crippen LogP contribution is 2.18. The number of rotatable bonds is 7. The van der Waals surface area contributed by atoms with Crippen LogP contribution in [-0.2, 0) is 16.0 Å². The molecule has 31 heavy (non-hydrogen) atoms. The lowest BCUT2D eigenvalue weighted by atomic mass is 10.1.